The van der Waals surface area contributed by atoms with Crippen LogP contribution < -0.4 is 14.8 Å². The summed E-state index contributed by atoms with van der Waals surface area (Å²) >= 11 is 1.25. The van der Waals surface area contributed by atoms with Crippen LogP contribution in [0.15, 0.2) is 46.3 Å². The third-order valence-electron chi connectivity index (χ3n) is 5.79. The van der Waals surface area contributed by atoms with Crippen molar-refractivity contribution in [3.63, 3.8) is 0 Å². The zero-order valence-corrected chi connectivity index (χ0v) is 20.4. The molecule has 1 fully saturated rings. The average molecular weight is 517 g/mol. The highest BCUT2D eigenvalue weighted by Gasteiger charge is 2.35. The van der Waals surface area contributed by atoms with Crippen LogP contribution in [0.5, 0.6) is 17.2 Å². The maximum atomic E-state index is 13.5. The topological polar surface area (TPSA) is 86.9 Å². The molecule has 0 atom stereocenters. The molecule has 11 heteroatoms. The SMILES string of the molecule is COc1cc(/C=C2\SC(NC3CCN(C)CC3)=NC2=O)ccc1Oc1ccc(C#N)cc1C(F)(F)F. The predicted molar refractivity (Wildman–Crippen MR) is 131 cm³/mol. The van der Waals surface area contributed by atoms with Crippen molar-refractivity contribution in [2.75, 3.05) is 27.2 Å². The Bertz CT molecular complexity index is 1260. The lowest BCUT2D eigenvalue weighted by molar-refractivity contribution is -0.138. The van der Waals surface area contributed by atoms with Gasteiger partial charge in [-0.3, -0.25) is 4.79 Å². The third kappa shape index (κ3) is 6.01. The molecule has 188 valence electrons. The van der Waals surface area contributed by atoms with E-state index in [1.807, 2.05) is 0 Å². The summed E-state index contributed by atoms with van der Waals surface area (Å²) in [5.41, 5.74) is -0.597. The highest BCUT2D eigenvalue weighted by molar-refractivity contribution is 8.18. The number of aliphatic imine (C=N–C) groups is 1. The summed E-state index contributed by atoms with van der Waals surface area (Å²) in [5, 5.41) is 12.8. The van der Waals surface area contributed by atoms with Gasteiger partial charge in [-0.2, -0.15) is 23.4 Å². The maximum Gasteiger partial charge on any atom is 0.420 e. The lowest BCUT2D eigenvalue weighted by Gasteiger charge is -2.29. The number of thioether (sulfide) groups is 1. The van der Waals surface area contributed by atoms with E-state index in [9.17, 15) is 18.0 Å². The number of methoxy groups -OCH3 is 1. The highest BCUT2D eigenvalue weighted by Crippen LogP contribution is 2.41. The molecule has 0 aromatic heterocycles. The third-order valence-corrected chi connectivity index (χ3v) is 6.70. The smallest absolute Gasteiger partial charge is 0.420 e. The fraction of sp³-hybridized carbons (Fsp3) is 0.320. The summed E-state index contributed by atoms with van der Waals surface area (Å²) in [4.78, 5) is 19.2. The Hall–Kier alpha value is -3.49. The second kappa shape index (κ2) is 10.6. The second-order valence-electron chi connectivity index (χ2n) is 8.39. The van der Waals surface area contributed by atoms with E-state index in [1.54, 1.807) is 24.3 Å². The first-order valence-corrected chi connectivity index (χ1v) is 11.9. The fourth-order valence-electron chi connectivity index (χ4n) is 3.84. The number of halogens is 3. The minimum absolute atomic E-state index is 0.0566. The van der Waals surface area contributed by atoms with Crippen LogP contribution in [0.3, 0.4) is 0 Å². The number of rotatable bonds is 5. The molecule has 7 nitrogen and oxygen atoms in total. The summed E-state index contributed by atoms with van der Waals surface area (Å²) in [5.74, 6) is -0.573. The molecule has 1 N–H and O–H groups in total. The summed E-state index contributed by atoms with van der Waals surface area (Å²) in [6.07, 6.45) is -1.12. The molecule has 0 radical (unpaired) electrons. The number of carbonyl (C=O) groups excluding carboxylic acids is 1. The van der Waals surface area contributed by atoms with E-state index >= 15 is 0 Å². The Labute approximate surface area is 210 Å². The van der Waals surface area contributed by atoms with Crippen molar-refractivity contribution in [2.24, 2.45) is 4.99 Å². The Morgan fingerprint density at radius 1 is 1.17 bits per heavy atom. The molecule has 0 saturated carbocycles. The van der Waals surface area contributed by atoms with Crippen molar-refractivity contribution in [2.45, 2.75) is 25.1 Å². The van der Waals surface area contributed by atoms with Crippen molar-refractivity contribution in [3.8, 4) is 23.3 Å². The molecule has 0 spiro atoms. The number of hydrogen-bond acceptors (Lipinski definition) is 7. The van der Waals surface area contributed by atoms with Crippen molar-refractivity contribution >= 4 is 28.9 Å². The van der Waals surface area contributed by atoms with Gasteiger partial charge >= 0.3 is 6.18 Å². The fourth-order valence-corrected chi connectivity index (χ4v) is 4.73. The van der Waals surface area contributed by atoms with E-state index in [1.165, 1.54) is 31.0 Å². The summed E-state index contributed by atoms with van der Waals surface area (Å²) in [6.45, 7) is 1.96. The highest BCUT2D eigenvalue weighted by atomic mass is 32.2. The van der Waals surface area contributed by atoms with Gasteiger partial charge in [0.25, 0.3) is 5.91 Å². The van der Waals surface area contributed by atoms with E-state index in [0.29, 0.717) is 15.6 Å². The first-order chi connectivity index (χ1) is 17.2. The van der Waals surface area contributed by atoms with Crippen molar-refractivity contribution < 1.29 is 27.4 Å². The Kier molecular flexibility index (Phi) is 7.56. The van der Waals surface area contributed by atoms with Gasteiger partial charge in [0.2, 0.25) is 0 Å². The van der Waals surface area contributed by atoms with Gasteiger partial charge in [-0.15, -0.1) is 0 Å². The molecule has 2 aromatic carbocycles. The quantitative estimate of drug-likeness (QED) is 0.558. The minimum Gasteiger partial charge on any atom is -0.493 e. The van der Waals surface area contributed by atoms with Gasteiger partial charge in [0.15, 0.2) is 16.7 Å². The first-order valence-electron chi connectivity index (χ1n) is 11.1. The predicted octanol–water partition coefficient (Wildman–Crippen LogP) is 5.03. The maximum absolute atomic E-state index is 13.5. The number of amides is 1. The van der Waals surface area contributed by atoms with Crippen LogP contribution in [0, 0.1) is 11.3 Å². The minimum atomic E-state index is -4.71. The molecule has 0 aliphatic carbocycles. The second-order valence-corrected chi connectivity index (χ2v) is 9.42. The molecule has 0 bridgehead atoms. The molecular weight excluding hydrogens is 493 g/mol. The largest absolute Gasteiger partial charge is 0.493 e. The van der Waals surface area contributed by atoms with Gasteiger partial charge in [0.05, 0.1) is 29.2 Å². The number of nitrogens with zero attached hydrogens (tertiary/aromatic N) is 3. The van der Waals surface area contributed by atoms with Crippen LogP contribution in [-0.2, 0) is 11.0 Å². The lowest BCUT2D eigenvalue weighted by atomic mass is 10.1. The van der Waals surface area contributed by atoms with E-state index in [-0.39, 0.29) is 29.0 Å². The normalized spacial score (nSPS) is 18.2. The van der Waals surface area contributed by atoms with Crippen molar-refractivity contribution in [3.05, 3.63) is 58.0 Å². The Balaban J connectivity index is 1.50. The van der Waals surface area contributed by atoms with Crippen LogP contribution in [0.2, 0.25) is 0 Å². The van der Waals surface area contributed by atoms with Gasteiger partial charge in [-0.05, 0) is 86.7 Å². The van der Waals surface area contributed by atoms with Crippen LogP contribution in [0.4, 0.5) is 13.2 Å². The molecule has 2 aliphatic heterocycles. The number of carbonyl (C=O) groups is 1. The number of amidine groups is 1. The van der Waals surface area contributed by atoms with Crippen LogP contribution in [0.25, 0.3) is 6.08 Å². The number of alkyl halides is 3. The first kappa shape index (κ1) is 25.6. The van der Waals surface area contributed by atoms with Crippen molar-refractivity contribution in [1.29, 1.82) is 5.26 Å². The van der Waals surface area contributed by atoms with Gasteiger partial charge in [-0.1, -0.05) is 6.07 Å². The molecule has 36 heavy (non-hydrogen) atoms. The van der Waals surface area contributed by atoms with Gasteiger partial charge in [0, 0.05) is 6.04 Å². The number of benzene rings is 2. The summed E-state index contributed by atoms with van der Waals surface area (Å²) in [7, 11) is 3.44. The average Bonchev–Trinajstić information content (AvgIpc) is 3.19. The molecule has 1 saturated heterocycles. The number of piperidine rings is 1. The van der Waals surface area contributed by atoms with E-state index in [4.69, 9.17) is 14.7 Å². The van der Waals surface area contributed by atoms with Gasteiger partial charge in [0.1, 0.15) is 5.75 Å². The summed E-state index contributed by atoms with van der Waals surface area (Å²) < 4.78 is 51.3. The number of nitrogens with one attached hydrogen (secondary N) is 1. The number of hydrogen-bond donors (Lipinski definition) is 1. The van der Waals surface area contributed by atoms with Crippen LogP contribution in [-0.4, -0.2) is 49.3 Å². The molecule has 1 amide bonds. The van der Waals surface area contributed by atoms with Crippen LogP contribution >= 0.6 is 11.8 Å². The molecule has 2 aromatic rings. The lowest BCUT2D eigenvalue weighted by Crippen LogP contribution is -2.42. The van der Waals surface area contributed by atoms with Crippen LogP contribution in [0.1, 0.15) is 29.5 Å². The monoisotopic (exact) mass is 516 g/mol. The number of nitriles is 1. The molecular formula is C25H23F3N4O3S. The number of likely N-dealkylation sites (tertiary alicyclic amines) is 1. The number of ether oxygens (including phenoxy) is 2. The van der Waals surface area contributed by atoms with E-state index in [2.05, 4.69) is 22.3 Å². The van der Waals surface area contributed by atoms with E-state index in [0.717, 1.165) is 38.1 Å². The molecule has 4 rings (SSSR count). The van der Waals surface area contributed by atoms with Gasteiger partial charge < -0.3 is 19.7 Å². The zero-order chi connectivity index (χ0) is 25.9. The molecule has 2 heterocycles. The Morgan fingerprint density at radius 3 is 2.56 bits per heavy atom. The molecule has 0 unspecified atom stereocenters. The van der Waals surface area contributed by atoms with Crippen molar-refractivity contribution in [1.82, 2.24) is 10.2 Å². The standard InChI is InChI=1S/C25H23F3N4O3S/c1-32-9-7-17(8-10-32)30-24-31-23(33)22(36-24)13-15-3-6-20(21(12-15)34-2)35-19-5-4-16(14-29)11-18(19)25(26,27)28/h3-6,11-13,17H,7-10H2,1-2H3,(H,30,31,33)/b22-13-. The molecule has 2 aliphatic rings. The Morgan fingerprint density at radius 2 is 1.89 bits per heavy atom. The zero-order valence-electron chi connectivity index (χ0n) is 19.6. The van der Waals surface area contributed by atoms with Gasteiger partial charge in [-0.25, -0.2) is 0 Å². The van der Waals surface area contributed by atoms with E-state index < -0.39 is 17.5 Å². The summed E-state index contributed by atoms with van der Waals surface area (Å²) in [6, 6.07) is 9.68.